The molecule has 0 bridgehead atoms. The summed E-state index contributed by atoms with van der Waals surface area (Å²) in [5, 5.41) is 2.78. The molecule has 108 valence electrons. The number of rotatable bonds is 3. The molecule has 1 fully saturated rings. The molecule has 1 aromatic rings. The van der Waals surface area contributed by atoms with Crippen molar-refractivity contribution >= 4 is 29.2 Å². The molecule has 1 N–H and O–H groups in total. The summed E-state index contributed by atoms with van der Waals surface area (Å²) in [4.78, 5) is 27.5. The largest absolute Gasteiger partial charge is 0.444 e. The molecule has 1 aliphatic carbocycles. The van der Waals surface area contributed by atoms with E-state index in [0.29, 0.717) is 5.69 Å². The van der Waals surface area contributed by atoms with Crippen molar-refractivity contribution in [2.24, 2.45) is 5.92 Å². The molecule has 0 radical (unpaired) electrons. The summed E-state index contributed by atoms with van der Waals surface area (Å²) < 4.78 is 5.12. The Morgan fingerprint density at radius 2 is 2.05 bits per heavy atom. The topological polar surface area (TPSA) is 68.3 Å². The van der Waals surface area contributed by atoms with Crippen LogP contribution in [0.5, 0.6) is 0 Å². The number of pyridine rings is 1. The second-order valence-electron chi connectivity index (χ2n) is 5.82. The summed E-state index contributed by atoms with van der Waals surface area (Å²) in [6, 6.07) is 1.51. The molecule has 20 heavy (non-hydrogen) atoms. The van der Waals surface area contributed by atoms with Gasteiger partial charge in [0.25, 0.3) is 0 Å². The Morgan fingerprint density at radius 1 is 1.40 bits per heavy atom. The van der Waals surface area contributed by atoms with Gasteiger partial charge in [-0.3, -0.25) is 10.1 Å². The third kappa shape index (κ3) is 3.93. The predicted octanol–water partition coefficient (Wildman–Crippen LogP) is 3.67. The molecule has 0 aliphatic heterocycles. The van der Waals surface area contributed by atoms with Crippen LogP contribution in [0.3, 0.4) is 0 Å². The van der Waals surface area contributed by atoms with Gasteiger partial charge in [0.2, 0.25) is 0 Å². The number of ketones is 1. The zero-order valence-corrected chi connectivity index (χ0v) is 12.5. The average molecular weight is 297 g/mol. The van der Waals surface area contributed by atoms with Gasteiger partial charge in [0, 0.05) is 5.92 Å². The lowest BCUT2D eigenvalue weighted by atomic mass is 10.2. The highest BCUT2D eigenvalue weighted by Gasteiger charge is 2.32. The summed E-state index contributed by atoms with van der Waals surface area (Å²) in [5.41, 5.74) is 0.0870. The maximum absolute atomic E-state index is 11.9. The van der Waals surface area contributed by atoms with E-state index in [1.54, 1.807) is 20.8 Å². The Morgan fingerprint density at radius 3 is 2.55 bits per heavy atom. The minimum absolute atomic E-state index is 0.0289. The number of anilines is 1. The van der Waals surface area contributed by atoms with Crippen molar-refractivity contribution < 1.29 is 14.3 Å². The first-order valence-corrected chi connectivity index (χ1v) is 6.84. The Balaban J connectivity index is 2.05. The van der Waals surface area contributed by atoms with Crippen molar-refractivity contribution in [1.82, 2.24) is 4.98 Å². The highest BCUT2D eigenvalue weighted by molar-refractivity contribution is 6.34. The molecule has 1 saturated carbocycles. The molecule has 1 amide bonds. The SMILES string of the molecule is CC(C)(C)OC(=O)Nc1cnc(C(=O)C2CC2)c(Cl)c1. The van der Waals surface area contributed by atoms with Crippen molar-refractivity contribution in [3.8, 4) is 0 Å². The predicted molar refractivity (Wildman–Crippen MR) is 76.2 cm³/mol. The van der Waals surface area contributed by atoms with Crippen molar-refractivity contribution in [2.45, 2.75) is 39.2 Å². The van der Waals surface area contributed by atoms with Crippen LogP contribution in [-0.4, -0.2) is 22.5 Å². The molecule has 1 heterocycles. The van der Waals surface area contributed by atoms with E-state index in [-0.39, 0.29) is 22.4 Å². The Kier molecular flexibility index (Phi) is 3.99. The Bertz CT molecular complexity index is 548. The first-order valence-electron chi connectivity index (χ1n) is 6.46. The van der Waals surface area contributed by atoms with Crippen LogP contribution in [0.25, 0.3) is 0 Å². The first kappa shape index (κ1) is 14.8. The number of hydrogen-bond acceptors (Lipinski definition) is 4. The fourth-order valence-corrected chi connectivity index (χ4v) is 1.91. The quantitative estimate of drug-likeness (QED) is 0.864. The number of ether oxygens (including phenoxy) is 1. The molecule has 0 spiro atoms. The monoisotopic (exact) mass is 296 g/mol. The van der Waals surface area contributed by atoms with E-state index in [1.807, 2.05) is 0 Å². The number of halogens is 1. The highest BCUT2D eigenvalue weighted by atomic mass is 35.5. The molecular formula is C14H17ClN2O3. The van der Waals surface area contributed by atoms with Gasteiger partial charge in [-0.1, -0.05) is 11.6 Å². The number of Topliss-reactive ketones (excluding diaryl/α,β-unsaturated/α-hetero) is 1. The van der Waals surface area contributed by atoms with Crippen LogP contribution in [0.2, 0.25) is 5.02 Å². The Hall–Kier alpha value is -1.62. The van der Waals surface area contributed by atoms with Gasteiger partial charge in [0.15, 0.2) is 5.78 Å². The molecule has 2 rings (SSSR count). The molecule has 6 heteroatoms. The van der Waals surface area contributed by atoms with E-state index < -0.39 is 11.7 Å². The lowest BCUT2D eigenvalue weighted by molar-refractivity contribution is 0.0635. The van der Waals surface area contributed by atoms with Crippen LogP contribution in [0.4, 0.5) is 10.5 Å². The van der Waals surface area contributed by atoms with Crippen LogP contribution in [-0.2, 0) is 4.74 Å². The van der Waals surface area contributed by atoms with Gasteiger partial charge in [-0.25, -0.2) is 9.78 Å². The first-order chi connectivity index (χ1) is 9.26. The third-order valence-electron chi connectivity index (χ3n) is 2.67. The zero-order valence-electron chi connectivity index (χ0n) is 11.7. The third-order valence-corrected chi connectivity index (χ3v) is 2.96. The summed E-state index contributed by atoms with van der Waals surface area (Å²) in [7, 11) is 0. The number of hydrogen-bond donors (Lipinski definition) is 1. The summed E-state index contributed by atoms with van der Waals surface area (Å²) >= 11 is 6.04. The molecule has 1 aromatic heterocycles. The van der Waals surface area contributed by atoms with E-state index in [1.165, 1.54) is 12.3 Å². The summed E-state index contributed by atoms with van der Waals surface area (Å²) in [6.45, 7) is 5.32. The number of nitrogens with one attached hydrogen (secondary N) is 1. The van der Waals surface area contributed by atoms with Crippen molar-refractivity contribution in [1.29, 1.82) is 0 Å². The summed E-state index contributed by atoms with van der Waals surface area (Å²) in [5.74, 6) is 0.0310. The van der Waals surface area contributed by atoms with Crippen LogP contribution < -0.4 is 5.32 Å². The van der Waals surface area contributed by atoms with Gasteiger partial charge >= 0.3 is 6.09 Å². The van der Waals surface area contributed by atoms with E-state index in [0.717, 1.165) is 12.8 Å². The molecule has 5 nitrogen and oxygen atoms in total. The van der Waals surface area contributed by atoms with Gasteiger partial charge in [-0.15, -0.1) is 0 Å². The molecule has 1 aliphatic rings. The smallest absolute Gasteiger partial charge is 0.412 e. The molecular weight excluding hydrogens is 280 g/mol. The molecule has 0 unspecified atom stereocenters. The fraction of sp³-hybridized carbons (Fsp3) is 0.500. The number of amides is 1. The fourth-order valence-electron chi connectivity index (χ4n) is 1.65. The van der Waals surface area contributed by atoms with Crippen molar-refractivity contribution in [3.63, 3.8) is 0 Å². The zero-order chi connectivity index (χ0) is 14.9. The summed E-state index contributed by atoms with van der Waals surface area (Å²) in [6.07, 6.45) is 2.62. The number of carbonyl (C=O) groups is 2. The molecule has 0 aromatic carbocycles. The standard InChI is InChI=1S/C14H17ClN2O3/c1-14(2,3)20-13(19)17-9-6-10(15)11(16-7-9)12(18)8-4-5-8/h6-8H,4-5H2,1-3H3,(H,17,19). The molecule has 0 atom stereocenters. The van der Waals surface area contributed by atoms with Gasteiger partial charge in [-0.2, -0.15) is 0 Å². The van der Waals surface area contributed by atoms with Gasteiger partial charge in [0.05, 0.1) is 16.9 Å². The average Bonchev–Trinajstić information content (AvgIpc) is 3.09. The maximum atomic E-state index is 11.9. The minimum Gasteiger partial charge on any atom is -0.444 e. The second-order valence-corrected chi connectivity index (χ2v) is 6.23. The normalized spacial score (nSPS) is 14.8. The van der Waals surface area contributed by atoms with E-state index >= 15 is 0 Å². The Labute approximate surface area is 122 Å². The van der Waals surface area contributed by atoms with Crippen molar-refractivity contribution in [2.75, 3.05) is 5.32 Å². The van der Waals surface area contributed by atoms with Gasteiger partial charge in [0.1, 0.15) is 11.3 Å². The number of nitrogens with zero attached hydrogens (tertiary/aromatic N) is 1. The second kappa shape index (κ2) is 5.40. The van der Waals surface area contributed by atoms with Crippen LogP contribution in [0, 0.1) is 5.92 Å². The lowest BCUT2D eigenvalue weighted by Crippen LogP contribution is -2.27. The van der Waals surface area contributed by atoms with Crippen molar-refractivity contribution in [3.05, 3.63) is 23.0 Å². The number of carbonyl (C=O) groups excluding carboxylic acids is 2. The molecule has 0 saturated heterocycles. The minimum atomic E-state index is -0.586. The van der Waals surface area contributed by atoms with Crippen LogP contribution in [0.15, 0.2) is 12.3 Å². The van der Waals surface area contributed by atoms with Gasteiger partial charge in [-0.05, 0) is 39.7 Å². The highest BCUT2D eigenvalue weighted by Crippen LogP contribution is 2.34. The maximum Gasteiger partial charge on any atom is 0.412 e. The van der Waals surface area contributed by atoms with Gasteiger partial charge < -0.3 is 4.74 Å². The van der Waals surface area contributed by atoms with E-state index in [4.69, 9.17) is 16.3 Å². The van der Waals surface area contributed by atoms with Crippen LogP contribution >= 0.6 is 11.6 Å². The lowest BCUT2D eigenvalue weighted by Gasteiger charge is -2.19. The van der Waals surface area contributed by atoms with E-state index in [9.17, 15) is 9.59 Å². The van der Waals surface area contributed by atoms with Crippen LogP contribution in [0.1, 0.15) is 44.1 Å². The number of aromatic nitrogens is 1. The van der Waals surface area contributed by atoms with E-state index in [2.05, 4.69) is 10.3 Å².